The van der Waals surface area contributed by atoms with Crippen LogP contribution in [0, 0.1) is 29.6 Å². The number of nitrogens with zero attached hydrogens (tertiary/aromatic N) is 1. The van der Waals surface area contributed by atoms with Crippen molar-refractivity contribution in [2.75, 3.05) is 21.2 Å². The number of methoxy groups -OCH3 is 1. The molecule has 128 valence electrons. The summed E-state index contributed by atoms with van der Waals surface area (Å²) in [6.07, 6.45) is 3.81. The molecule has 1 aromatic carbocycles. The average molecular weight is 329 g/mol. The van der Waals surface area contributed by atoms with Gasteiger partial charge in [0.05, 0.1) is 18.6 Å². The van der Waals surface area contributed by atoms with Crippen LogP contribution < -0.4 is 9.47 Å². The van der Waals surface area contributed by atoms with Gasteiger partial charge in [0.1, 0.15) is 0 Å². The van der Waals surface area contributed by atoms with Crippen molar-refractivity contribution >= 4 is 11.9 Å². The van der Waals surface area contributed by atoms with Gasteiger partial charge in [0, 0.05) is 14.1 Å². The molecule has 0 aromatic heterocycles. The summed E-state index contributed by atoms with van der Waals surface area (Å²) in [6.45, 7) is 0. The zero-order chi connectivity index (χ0) is 17.0. The Morgan fingerprint density at radius 3 is 2.38 bits per heavy atom. The van der Waals surface area contributed by atoms with E-state index in [-0.39, 0.29) is 23.5 Å². The Morgan fingerprint density at radius 1 is 1.12 bits per heavy atom. The number of para-hydroxylation sites is 1. The molecule has 1 amide bonds. The molecule has 1 aromatic rings. The van der Waals surface area contributed by atoms with E-state index in [2.05, 4.69) is 0 Å². The Morgan fingerprint density at radius 2 is 1.79 bits per heavy atom. The molecular formula is C19H23NO4. The van der Waals surface area contributed by atoms with Gasteiger partial charge in [-0.3, -0.25) is 9.59 Å². The summed E-state index contributed by atoms with van der Waals surface area (Å²) in [6, 6.07) is 5.12. The summed E-state index contributed by atoms with van der Waals surface area (Å²) >= 11 is 0. The van der Waals surface area contributed by atoms with Crippen molar-refractivity contribution in [3.63, 3.8) is 0 Å². The summed E-state index contributed by atoms with van der Waals surface area (Å²) < 4.78 is 11.0. The van der Waals surface area contributed by atoms with Gasteiger partial charge < -0.3 is 14.4 Å². The number of fused-ring (bicyclic) bond motifs is 5. The van der Waals surface area contributed by atoms with Crippen molar-refractivity contribution in [1.82, 2.24) is 4.90 Å². The number of ether oxygens (including phenoxy) is 2. The van der Waals surface area contributed by atoms with Crippen molar-refractivity contribution in [3.8, 4) is 11.5 Å². The van der Waals surface area contributed by atoms with E-state index in [9.17, 15) is 9.59 Å². The van der Waals surface area contributed by atoms with Crippen molar-refractivity contribution in [2.24, 2.45) is 29.6 Å². The van der Waals surface area contributed by atoms with E-state index < -0.39 is 0 Å². The van der Waals surface area contributed by atoms with E-state index in [4.69, 9.17) is 9.47 Å². The first-order valence-corrected chi connectivity index (χ1v) is 8.63. The minimum Gasteiger partial charge on any atom is -0.493 e. The summed E-state index contributed by atoms with van der Waals surface area (Å²) in [7, 11) is 4.87. The minimum atomic E-state index is -0.201. The molecular weight excluding hydrogens is 306 g/mol. The number of rotatable bonds is 4. The van der Waals surface area contributed by atoms with Crippen LogP contribution in [-0.4, -0.2) is 38.0 Å². The quantitative estimate of drug-likeness (QED) is 0.629. The van der Waals surface area contributed by atoms with E-state index in [1.165, 1.54) is 31.3 Å². The maximum absolute atomic E-state index is 12.7. The molecule has 3 fully saturated rings. The fourth-order valence-electron chi connectivity index (χ4n) is 5.00. The molecule has 0 N–H and O–H groups in total. The molecule has 0 aliphatic heterocycles. The number of carbonyl (C=O) groups excluding carboxylic acids is 2. The third-order valence-electron chi connectivity index (χ3n) is 6.05. The second kappa shape index (κ2) is 5.50. The zero-order valence-corrected chi connectivity index (χ0v) is 14.3. The fourth-order valence-corrected chi connectivity index (χ4v) is 5.00. The van der Waals surface area contributed by atoms with Crippen LogP contribution in [0.15, 0.2) is 18.2 Å². The Balaban J connectivity index is 1.58. The van der Waals surface area contributed by atoms with Crippen molar-refractivity contribution < 1.29 is 19.1 Å². The van der Waals surface area contributed by atoms with Gasteiger partial charge in [-0.15, -0.1) is 0 Å². The van der Waals surface area contributed by atoms with E-state index >= 15 is 0 Å². The molecule has 0 heterocycles. The van der Waals surface area contributed by atoms with Crippen LogP contribution in [0.4, 0.5) is 0 Å². The highest BCUT2D eigenvalue weighted by Gasteiger charge is 2.68. The van der Waals surface area contributed by atoms with E-state index in [1.54, 1.807) is 32.3 Å². The van der Waals surface area contributed by atoms with Crippen LogP contribution >= 0.6 is 0 Å². The molecule has 2 bridgehead atoms. The lowest BCUT2D eigenvalue weighted by Crippen LogP contribution is -2.24. The third kappa shape index (κ3) is 2.21. The number of benzene rings is 1. The Labute approximate surface area is 141 Å². The van der Waals surface area contributed by atoms with Crippen LogP contribution in [0.1, 0.15) is 29.6 Å². The SMILES string of the molecule is COc1cccc(C(=O)N(C)C)c1OC(=O)C1[C@H]2[C@H]3CC[C@@H](C3)[C@H]12. The first-order valence-electron chi connectivity index (χ1n) is 8.63. The van der Waals surface area contributed by atoms with Crippen molar-refractivity contribution in [1.29, 1.82) is 0 Å². The number of amides is 1. The molecule has 0 saturated heterocycles. The molecule has 3 saturated carbocycles. The topological polar surface area (TPSA) is 55.8 Å². The predicted molar refractivity (Wildman–Crippen MR) is 87.9 cm³/mol. The lowest BCUT2D eigenvalue weighted by molar-refractivity contribution is -0.137. The van der Waals surface area contributed by atoms with E-state index in [0.29, 0.717) is 35.0 Å². The minimum absolute atomic E-state index is 0.0171. The smallest absolute Gasteiger partial charge is 0.315 e. The monoisotopic (exact) mass is 329 g/mol. The second-order valence-corrected chi connectivity index (χ2v) is 7.47. The number of hydrogen-bond acceptors (Lipinski definition) is 4. The summed E-state index contributed by atoms with van der Waals surface area (Å²) in [5.41, 5.74) is 0.362. The van der Waals surface area contributed by atoms with Crippen LogP contribution in [0.5, 0.6) is 11.5 Å². The molecule has 5 heteroatoms. The van der Waals surface area contributed by atoms with Gasteiger partial charge >= 0.3 is 5.97 Å². The molecule has 4 rings (SSSR count). The summed E-state index contributed by atoms with van der Waals surface area (Å²) in [5.74, 6) is 2.73. The number of hydrogen-bond donors (Lipinski definition) is 0. The molecule has 0 spiro atoms. The van der Waals surface area contributed by atoms with Gasteiger partial charge in [-0.1, -0.05) is 6.07 Å². The molecule has 0 unspecified atom stereocenters. The van der Waals surface area contributed by atoms with Crippen molar-refractivity contribution in [2.45, 2.75) is 19.3 Å². The summed E-state index contributed by atoms with van der Waals surface area (Å²) in [4.78, 5) is 26.6. The Hall–Kier alpha value is -2.04. The van der Waals surface area contributed by atoms with Gasteiger partial charge in [-0.25, -0.2) is 0 Å². The fraction of sp³-hybridized carbons (Fsp3) is 0.579. The van der Waals surface area contributed by atoms with E-state index in [1.807, 2.05) is 0 Å². The van der Waals surface area contributed by atoms with Crippen LogP contribution in [0.25, 0.3) is 0 Å². The first kappa shape index (κ1) is 15.5. The zero-order valence-electron chi connectivity index (χ0n) is 14.3. The predicted octanol–water partition coefficient (Wildman–Crippen LogP) is 2.59. The molecule has 24 heavy (non-hydrogen) atoms. The van der Waals surface area contributed by atoms with Gasteiger partial charge in [0.15, 0.2) is 11.5 Å². The highest BCUT2D eigenvalue weighted by Crippen LogP contribution is 2.69. The molecule has 3 aliphatic carbocycles. The number of esters is 1. The van der Waals surface area contributed by atoms with Crippen LogP contribution in [-0.2, 0) is 4.79 Å². The average Bonchev–Trinajstić information content (AvgIpc) is 3.02. The molecule has 5 nitrogen and oxygen atoms in total. The maximum Gasteiger partial charge on any atom is 0.315 e. The van der Waals surface area contributed by atoms with Gasteiger partial charge in [-0.05, 0) is 55.1 Å². The largest absolute Gasteiger partial charge is 0.493 e. The molecule has 0 radical (unpaired) electrons. The molecule has 3 aliphatic rings. The Kier molecular flexibility index (Phi) is 3.55. The Bertz CT molecular complexity index is 683. The van der Waals surface area contributed by atoms with E-state index in [0.717, 1.165) is 0 Å². The molecule has 4 atom stereocenters. The lowest BCUT2D eigenvalue weighted by Gasteiger charge is -2.17. The van der Waals surface area contributed by atoms with Gasteiger partial charge in [0.2, 0.25) is 0 Å². The first-order chi connectivity index (χ1) is 11.5. The highest BCUT2D eigenvalue weighted by molar-refractivity contribution is 5.98. The highest BCUT2D eigenvalue weighted by atomic mass is 16.6. The van der Waals surface area contributed by atoms with Gasteiger partial charge in [-0.2, -0.15) is 0 Å². The van der Waals surface area contributed by atoms with Crippen LogP contribution in [0.3, 0.4) is 0 Å². The third-order valence-corrected chi connectivity index (χ3v) is 6.05. The summed E-state index contributed by atoms with van der Waals surface area (Å²) in [5, 5.41) is 0. The van der Waals surface area contributed by atoms with Crippen LogP contribution in [0.2, 0.25) is 0 Å². The number of carbonyl (C=O) groups is 2. The van der Waals surface area contributed by atoms with Gasteiger partial charge in [0.25, 0.3) is 5.91 Å². The lowest BCUT2D eigenvalue weighted by atomic mass is 10.0. The maximum atomic E-state index is 12.7. The normalized spacial score (nSPS) is 32.2. The second-order valence-electron chi connectivity index (χ2n) is 7.47. The van der Waals surface area contributed by atoms with Crippen molar-refractivity contribution in [3.05, 3.63) is 23.8 Å². The standard InChI is InChI=1S/C19H23NO4/c1-20(2)18(21)12-5-4-6-13(23-3)17(12)24-19(22)16-14-10-7-8-11(9-10)15(14)16/h4-6,10-11,14-16H,7-9H2,1-3H3/t10-,11-,14-,15-/m0/s1.